The molecule has 2 aromatic heterocycles. The summed E-state index contributed by atoms with van der Waals surface area (Å²) in [6.45, 7) is 11.7. The van der Waals surface area contributed by atoms with Gasteiger partial charge in [-0.3, -0.25) is 14.5 Å². The monoisotopic (exact) mass is 424 g/mol. The average Bonchev–Trinajstić information content (AvgIpc) is 3.08. The van der Waals surface area contributed by atoms with Crippen LogP contribution in [0.5, 0.6) is 0 Å². The van der Waals surface area contributed by atoms with Gasteiger partial charge in [-0.25, -0.2) is 9.50 Å². The van der Waals surface area contributed by atoms with Crippen LogP contribution in [0, 0.1) is 32.1 Å². The summed E-state index contributed by atoms with van der Waals surface area (Å²) >= 11 is 6.32. The van der Waals surface area contributed by atoms with E-state index in [0.29, 0.717) is 5.02 Å². The molecule has 0 N–H and O–H groups in total. The van der Waals surface area contributed by atoms with Crippen LogP contribution in [0.1, 0.15) is 43.0 Å². The summed E-state index contributed by atoms with van der Waals surface area (Å²) in [5.41, 5.74) is 5.90. The fraction of sp³-hybridized carbons (Fsp3) is 0.391. The van der Waals surface area contributed by atoms with E-state index in [-0.39, 0.29) is 24.3 Å². The van der Waals surface area contributed by atoms with Crippen molar-refractivity contribution in [3.05, 3.63) is 51.9 Å². The number of carbonyl (C=O) groups is 2. The lowest BCUT2D eigenvalue weighted by Gasteiger charge is -2.18. The maximum absolute atomic E-state index is 12.8. The summed E-state index contributed by atoms with van der Waals surface area (Å²) in [6, 6.07) is 3.85. The maximum Gasteiger partial charge on any atom is 0.235 e. The molecule has 0 saturated carbocycles. The summed E-state index contributed by atoms with van der Waals surface area (Å²) in [7, 11) is 0. The van der Waals surface area contributed by atoms with Crippen LogP contribution in [0.4, 0.5) is 0 Å². The highest BCUT2D eigenvalue weighted by Gasteiger charge is 2.51. The molecule has 3 aromatic rings. The average molecular weight is 425 g/mol. The third-order valence-electron chi connectivity index (χ3n) is 6.66. The van der Waals surface area contributed by atoms with E-state index in [0.717, 1.165) is 39.0 Å². The van der Waals surface area contributed by atoms with E-state index < -0.39 is 5.41 Å². The predicted octanol–water partition coefficient (Wildman–Crippen LogP) is 4.51. The molecule has 1 aliphatic heterocycles. The second-order valence-electron chi connectivity index (χ2n) is 8.75. The molecule has 0 bridgehead atoms. The van der Waals surface area contributed by atoms with Gasteiger partial charge < -0.3 is 0 Å². The summed E-state index contributed by atoms with van der Waals surface area (Å²) in [4.78, 5) is 31.5. The molecule has 1 saturated heterocycles. The number of aryl methyl sites for hydroxylation is 2. The molecule has 2 amide bonds. The lowest BCUT2D eigenvalue weighted by atomic mass is 9.82. The van der Waals surface area contributed by atoms with Gasteiger partial charge in [-0.15, -0.1) is 0 Å². The number of nitrogens with zero attached hydrogens (tertiary/aromatic N) is 4. The van der Waals surface area contributed by atoms with Gasteiger partial charge in [0.05, 0.1) is 23.2 Å². The Balaban J connectivity index is 1.83. The molecule has 156 valence electrons. The number of benzene rings is 1. The van der Waals surface area contributed by atoms with Crippen LogP contribution in [0.25, 0.3) is 16.8 Å². The van der Waals surface area contributed by atoms with E-state index in [1.165, 1.54) is 11.2 Å². The molecule has 0 aliphatic carbocycles. The van der Waals surface area contributed by atoms with Gasteiger partial charge >= 0.3 is 0 Å². The quantitative estimate of drug-likeness (QED) is 0.580. The molecule has 1 atom stereocenters. The van der Waals surface area contributed by atoms with Crippen molar-refractivity contribution in [1.82, 2.24) is 19.5 Å². The fourth-order valence-electron chi connectivity index (χ4n) is 4.12. The summed E-state index contributed by atoms with van der Waals surface area (Å²) in [5, 5.41) is 5.02. The van der Waals surface area contributed by atoms with Crippen LogP contribution < -0.4 is 0 Å². The van der Waals surface area contributed by atoms with Crippen molar-refractivity contribution in [2.45, 2.75) is 48.1 Å². The van der Waals surface area contributed by atoms with Crippen molar-refractivity contribution in [2.24, 2.45) is 11.3 Å². The third kappa shape index (κ3) is 2.93. The molecule has 1 fully saturated rings. The first-order valence-electron chi connectivity index (χ1n) is 9.98. The molecular formula is C23H25ClN4O2. The molecule has 1 aromatic carbocycles. The van der Waals surface area contributed by atoms with Crippen molar-refractivity contribution in [3.63, 3.8) is 0 Å². The zero-order valence-electron chi connectivity index (χ0n) is 18.1. The fourth-order valence-corrected chi connectivity index (χ4v) is 4.40. The van der Waals surface area contributed by atoms with Crippen molar-refractivity contribution in [1.29, 1.82) is 0 Å². The number of likely N-dealkylation sites (tertiary alicyclic amines) is 1. The van der Waals surface area contributed by atoms with Gasteiger partial charge in [-0.1, -0.05) is 32.4 Å². The van der Waals surface area contributed by atoms with Crippen LogP contribution in [-0.2, 0) is 16.1 Å². The number of carbonyl (C=O) groups excluding carboxylic acids is 2. The van der Waals surface area contributed by atoms with Gasteiger partial charge in [0.2, 0.25) is 11.8 Å². The summed E-state index contributed by atoms with van der Waals surface area (Å²) < 4.78 is 1.77. The highest BCUT2D eigenvalue weighted by Crippen LogP contribution is 2.39. The number of hydrogen-bond acceptors (Lipinski definition) is 4. The number of halogens is 1. The zero-order chi connectivity index (χ0) is 22.0. The van der Waals surface area contributed by atoms with Crippen molar-refractivity contribution >= 4 is 28.9 Å². The van der Waals surface area contributed by atoms with Crippen LogP contribution in [0.3, 0.4) is 0 Å². The lowest BCUT2D eigenvalue weighted by Crippen LogP contribution is -2.32. The Morgan fingerprint density at radius 2 is 1.83 bits per heavy atom. The van der Waals surface area contributed by atoms with Gasteiger partial charge in [0, 0.05) is 22.7 Å². The molecule has 1 aliphatic rings. The summed E-state index contributed by atoms with van der Waals surface area (Å²) in [5.74, 6) is -0.607. The standard InChI is InChI=1S/C23H25ClN4O2/c1-12-7-17(24)8-18(13(12)2)19-20-14(3)16(10-28(20)26-11-25-19)9-27-21(29)15(4)23(5,6)22(27)30/h7-8,10-11,15H,9H2,1-6H3. The molecular weight excluding hydrogens is 400 g/mol. The van der Waals surface area contributed by atoms with Gasteiger partial charge in [-0.2, -0.15) is 5.10 Å². The van der Waals surface area contributed by atoms with E-state index in [1.54, 1.807) is 4.52 Å². The van der Waals surface area contributed by atoms with E-state index in [2.05, 4.69) is 10.1 Å². The van der Waals surface area contributed by atoms with E-state index >= 15 is 0 Å². The number of amides is 2. The van der Waals surface area contributed by atoms with Crippen molar-refractivity contribution in [2.75, 3.05) is 0 Å². The van der Waals surface area contributed by atoms with Gasteiger partial charge in [0.25, 0.3) is 0 Å². The Hall–Kier alpha value is -2.73. The van der Waals surface area contributed by atoms with E-state index in [1.807, 2.05) is 59.9 Å². The highest BCUT2D eigenvalue weighted by atomic mass is 35.5. The Bertz CT molecular complexity index is 1210. The molecule has 3 heterocycles. The molecule has 0 spiro atoms. The summed E-state index contributed by atoms with van der Waals surface area (Å²) in [6.07, 6.45) is 3.39. The first-order chi connectivity index (χ1) is 14.0. The van der Waals surface area contributed by atoms with Crippen molar-refractivity contribution < 1.29 is 9.59 Å². The first kappa shape index (κ1) is 20.5. The Morgan fingerprint density at radius 1 is 1.13 bits per heavy atom. The largest absolute Gasteiger partial charge is 0.277 e. The Labute approximate surface area is 180 Å². The number of rotatable bonds is 3. The van der Waals surface area contributed by atoms with E-state index in [4.69, 9.17) is 11.6 Å². The van der Waals surface area contributed by atoms with Crippen molar-refractivity contribution in [3.8, 4) is 11.3 Å². The second-order valence-corrected chi connectivity index (χ2v) is 9.19. The highest BCUT2D eigenvalue weighted by molar-refractivity contribution is 6.31. The normalized spacial score (nSPS) is 18.6. The minimum Gasteiger partial charge on any atom is -0.277 e. The Kier molecular flexibility index (Phi) is 4.73. The van der Waals surface area contributed by atoms with Gasteiger partial charge in [-0.05, 0) is 55.2 Å². The van der Waals surface area contributed by atoms with Gasteiger partial charge in [0.1, 0.15) is 6.33 Å². The lowest BCUT2D eigenvalue weighted by molar-refractivity contribution is -0.141. The number of imide groups is 1. The van der Waals surface area contributed by atoms with Crippen LogP contribution in [-0.4, -0.2) is 31.3 Å². The smallest absolute Gasteiger partial charge is 0.235 e. The molecule has 7 heteroatoms. The van der Waals surface area contributed by atoms with Crippen LogP contribution in [0.2, 0.25) is 5.02 Å². The molecule has 6 nitrogen and oxygen atoms in total. The predicted molar refractivity (Wildman–Crippen MR) is 116 cm³/mol. The topological polar surface area (TPSA) is 67.6 Å². The zero-order valence-corrected chi connectivity index (χ0v) is 18.8. The SMILES string of the molecule is Cc1cc(Cl)cc(-c2ncnn3cc(CN4C(=O)C(C)C(C)(C)C4=O)c(C)c23)c1C. The van der Waals surface area contributed by atoms with Crippen LogP contribution in [0.15, 0.2) is 24.7 Å². The second kappa shape index (κ2) is 6.91. The number of fused-ring (bicyclic) bond motifs is 1. The third-order valence-corrected chi connectivity index (χ3v) is 6.88. The Morgan fingerprint density at radius 3 is 2.47 bits per heavy atom. The molecule has 0 radical (unpaired) electrons. The molecule has 4 rings (SSSR count). The molecule has 30 heavy (non-hydrogen) atoms. The maximum atomic E-state index is 12.8. The minimum atomic E-state index is -0.690. The molecule has 1 unspecified atom stereocenters. The van der Waals surface area contributed by atoms with Crippen LogP contribution >= 0.6 is 11.6 Å². The van der Waals surface area contributed by atoms with E-state index in [9.17, 15) is 9.59 Å². The number of aromatic nitrogens is 3. The number of hydrogen-bond donors (Lipinski definition) is 0. The first-order valence-corrected chi connectivity index (χ1v) is 10.4. The minimum absolute atomic E-state index is 0.132. The van der Waals surface area contributed by atoms with Gasteiger partial charge in [0.15, 0.2) is 0 Å².